The van der Waals surface area contributed by atoms with E-state index in [2.05, 4.69) is 127 Å². The predicted molar refractivity (Wildman–Crippen MR) is 174 cm³/mol. The zero-order valence-corrected chi connectivity index (χ0v) is 23.3. The van der Waals surface area contributed by atoms with Gasteiger partial charge in [-0.15, -0.1) is 0 Å². The molecule has 8 aromatic rings. The first-order chi connectivity index (χ1) is 20.6. The van der Waals surface area contributed by atoms with Crippen LogP contribution in [0.5, 0.6) is 0 Å². The van der Waals surface area contributed by atoms with E-state index in [9.17, 15) is 0 Å². The topological polar surface area (TPSA) is 30.1 Å². The Bertz CT molecular complexity index is 2470. The van der Waals surface area contributed by atoms with Gasteiger partial charge in [0.15, 0.2) is 0 Å². The fourth-order valence-electron chi connectivity index (χ4n) is 7.99. The highest BCUT2D eigenvalue weighted by Crippen LogP contribution is 2.60. The highest BCUT2D eigenvalue weighted by Gasteiger charge is 2.43. The second kappa shape index (κ2) is 7.51. The minimum Gasteiger partial charge on any atom is -0.456 e. The summed E-state index contributed by atoms with van der Waals surface area (Å²) in [6.07, 6.45) is 0. The molecule has 3 heterocycles. The zero-order valence-electron chi connectivity index (χ0n) is 23.3. The number of para-hydroxylation sites is 3. The zero-order chi connectivity index (χ0) is 27.7. The average molecular weight is 539 g/mol. The van der Waals surface area contributed by atoms with Gasteiger partial charge < -0.3 is 14.3 Å². The van der Waals surface area contributed by atoms with Crippen molar-refractivity contribution in [2.75, 3.05) is 5.32 Å². The van der Waals surface area contributed by atoms with Crippen LogP contribution in [0, 0.1) is 0 Å². The summed E-state index contributed by atoms with van der Waals surface area (Å²) < 4.78 is 8.77. The average Bonchev–Trinajstić information content (AvgIpc) is 3.60. The fraction of sp³-hybridized carbons (Fsp3) is 0.0769. The molecule has 2 aliphatic rings. The van der Waals surface area contributed by atoms with Gasteiger partial charge in [-0.25, -0.2) is 0 Å². The second-order valence-electron chi connectivity index (χ2n) is 12.2. The first-order valence-corrected chi connectivity index (χ1v) is 14.6. The summed E-state index contributed by atoms with van der Waals surface area (Å²) in [4.78, 5) is 0. The fourth-order valence-corrected chi connectivity index (χ4v) is 7.99. The summed E-state index contributed by atoms with van der Waals surface area (Å²) in [5.74, 6) is 0. The Kier molecular flexibility index (Phi) is 4.01. The molecule has 3 nitrogen and oxygen atoms in total. The molecule has 0 bridgehead atoms. The number of hydrogen-bond donors (Lipinski definition) is 1. The Morgan fingerprint density at radius 2 is 1.36 bits per heavy atom. The lowest BCUT2D eigenvalue weighted by atomic mass is 9.80. The number of furan rings is 1. The third-order valence-corrected chi connectivity index (χ3v) is 9.68. The molecular weight excluding hydrogens is 512 g/mol. The number of fused-ring (bicyclic) bond motifs is 9. The van der Waals surface area contributed by atoms with Crippen LogP contribution in [0.15, 0.2) is 120 Å². The van der Waals surface area contributed by atoms with E-state index in [-0.39, 0.29) is 5.41 Å². The third kappa shape index (κ3) is 2.58. The van der Waals surface area contributed by atoms with Gasteiger partial charge in [0.2, 0.25) is 0 Å². The molecule has 1 aliphatic heterocycles. The summed E-state index contributed by atoms with van der Waals surface area (Å²) in [6.45, 7) is 4.76. The van der Waals surface area contributed by atoms with Crippen LogP contribution in [-0.2, 0) is 5.41 Å². The summed E-state index contributed by atoms with van der Waals surface area (Å²) in [5, 5.41) is 8.76. The van der Waals surface area contributed by atoms with E-state index < -0.39 is 0 Å². The van der Waals surface area contributed by atoms with Gasteiger partial charge in [-0.2, -0.15) is 0 Å². The lowest BCUT2D eigenvalue weighted by molar-refractivity contribution is 0.663. The molecular formula is C39H26N2O. The predicted octanol–water partition coefficient (Wildman–Crippen LogP) is 10.7. The Hall–Kier alpha value is -5.28. The quantitative estimate of drug-likeness (QED) is 0.237. The van der Waals surface area contributed by atoms with Gasteiger partial charge in [-0.3, -0.25) is 0 Å². The molecule has 0 radical (unpaired) electrons. The van der Waals surface area contributed by atoms with Crippen LogP contribution in [0.1, 0.15) is 25.0 Å². The van der Waals surface area contributed by atoms with Gasteiger partial charge in [-0.1, -0.05) is 92.7 Å². The maximum Gasteiger partial charge on any atom is 0.137 e. The Balaban J connectivity index is 1.38. The first-order valence-electron chi connectivity index (χ1n) is 14.6. The number of aromatic nitrogens is 1. The van der Waals surface area contributed by atoms with Gasteiger partial charge >= 0.3 is 0 Å². The van der Waals surface area contributed by atoms with E-state index in [0.29, 0.717) is 0 Å². The molecule has 10 rings (SSSR count). The lowest BCUT2D eigenvalue weighted by Crippen LogP contribution is -2.17. The normalized spacial score (nSPS) is 14.1. The minimum atomic E-state index is -0.197. The largest absolute Gasteiger partial charge is 0.456 e. The van der Waals surface area contributed by atoms with Crippen LogP contribution in [-0.4, -0.2) is 4.57 Å². The van der Waals surface area contributed by atoms with E-state index in [0.717, 1.165) is 33.3 Å². The molecule has 1 aliphatic carbocycles. The molecule has 6 aromatic carbocycles. The van der Waals surface area contributed by atoms with Gasteiger partial charge in [0.1, 0.15) is 11.2 Å². The van der Waals surface area contributed by atoms with Gasteiger partial charge in [-0.05, 0) is 58.7 Å². The maximum absolute atomic E-state index is 6.26. The van der Waals surface area contributed by atoms with E-state index in [1.807, 2.05) is 12.1 Å². The van der Waals surface area contributed by atoms with Crippen molar-refractivity contribution in [2.45, 2.75) is 19.3 Å². The molecule has 2 aromatic heterocycles. The molecule has 0 amide bonds. The summed E-state index contributed by atoms with van der Waals surface area (Å²) in [6, 6.07) is 41.7. The van der Waals surface area contributed by atoms with Crippen LogP contribution in [0.25, 0.3) is 71.7 Å². The summed E-state index contributed by atoms with van der Waals surface area (Å²) >= 11 is 0. The monoisotopic (exact) mass is 538 g/mol. The van der Waals surface area contributed by atoms with Crippen LogP contribution in [0.3, 0.4) is 0 Å². The number of nitrogens with zero attached hydrogens (tertiary/aromatic N) is 1. The number of nitrogens with one attached hydrogen (secondary N) is 1. The Morgan fingerprint density at radius 1 is 0.619 bits per heavy atom. The number of rotatable bonds is 2. The van der Waals surface area contributed by atoms with E-state index in [4.69, 9.17) is 4.42 Å². The lowest BCUT2D eigenvalue weighted by Gasteiger charge is -2.26. The number of hydrogen-bond acceptors (Lipinski definition) is 2. The van der Waals surface area contributed by atoms with Crippen molar-refractivity contribution in [3.8, 4) is 27.9 Å². The number of benzene rings is 6. The Morgan fingerprint density at radius 3 is 2.29 bits per heavy atom. The highest BCUT2D eigenvalue weighted by molar-refractivity contribution is 6.21. The molecule has 0 spiro atoms. The summed E-state index contributed by atoms with van der Waals surface area (Å²) in [5.41, 5.74) is 15.6. The Labute approximate surface area is 242 Å². The van der Waals surface area contributed by atoms with Crippen molar-refractivity contribution in [1.82, 2.24) is 4.57 Å². The van der Waals surface area contributed by atoms with E-state index in [1.54, 1.807) is 0 Å². The molecule has 0 saturated carbocycles. The molecule has 0 fully saturated rings. The molecule has 0 unspecified atom stereocenters. The first kappa shape index (κ1) is 22.4. The standard InChI is InChI=1S/C39H26N2O/c1-39(2)27-15-9-14-24-22-11-3-6-17-30(22)41-31-18-7-4-12-23(31)26-21-29(37(39)36(34(24)27)38(26)41)40-28-16-10-20-33-35(28)25-13-5-8-19-32(25)42-33/h3-21,40H,1-2H3. The molecule has 0 saturated heterocycles. The van der Waals surface area contributed by atoms with Crippen molar-refractivity contribution >= 4 is 55.1 Å². The third-order valence-electron chi connectivity index (χ3n) is 9.68. The summed E-state index contributed by atoms with van der Waals surface area (Å²) in [7, 11) is 0. The highest BCUT2D eigenvalue weighted by atomic mass is 16.3. The maximum atomic E-state index is 6.26. The van der Waals surface area contributed by atoms with Gasteiger partial charge in [0, 0.05) is 38.4 Å². The molecule has 1 N–H and O–H groups in total. The SMILES string of the molecule is CC1(C)c2cccc3c2-c2c1c(Nc1cccc4oc5ccccc5c14)cc1c4ccccc4n(c21)-c1ccccc1-3. The second-order valence-corrected chi connectivity index (χ2v) is 12.2. The van der Waals surface area contributed by atoms with E-state index >= 15 is 0 Å². The minimum absolute atomic E-state index is 0.197. The van der Waals surface area contributed by atoms with Gasteiger partial charge in [0.05, 0.1) is 27.8 Å². The molecule has 198 valence electrons. The number of anilines is 2. The van der Waals surface area contributed by atoms with Crippen molar-refractivity contribution in [1.29, 1.82) is 0 Å². The molecule has 0 atom stereocenters. The van der Waals surface area contributed by atoms with Crippen molar-refractivity contribution in [2.24, 2.45) is 0 Å². The van der Waals surface area contributed by atoms with Crippen molar-refractivity contribution in [3.05, 3.63) is 126 Å². The molecule has 42 heavy (non-hydrogen) atoms. The smallest absolute Gasteiger partial charge is 0.137 e. The van der Waals surface area contributed by atoms with Crippen molar-refractivity contribution < 1.29 is 4.42 Å². The molecule has 3 heteroatoms. The van der Waals surface area contributed by atoms with Gasteiger partial charge in [0.25, 0.3) is 0 Å². The van der Waals surface area contributed by atoms with Crippen LogP contribution >= 0.6 is 0 Å². The van der Waals surface area contributed by atoms with Crippen LogP contribution in [0.2, 0.25) is 0 Å². The van der Waals surface area contributed by atoms with Crippen molar-refractivity contribution in [3.63, 3.8) is 0 Å². The van der Waals surface area contributed by atoms with Crippen LogP contribution in [0.4, 0.5) is 11.4 Å². The van der Waals surface area contributed by atoms with E-state index in [1.165, 1.54) is 60.9 Å². The van der Waals surface area contributed by atoms with Crippen LogP contribution < -0.4 is 5.32 Å².